The van der Waals surface area contributed by atoms with E-state index < -0.39 is 0 Å². The van der Waals surface area contributed by atoms with E-state index >= 15 is 0 Å². The zero-order valence-electron chi connectivity index (χ0n) is 6.83. The lowest BCUT2D eigenvalue weighted by Crippen LogP contribution is -2.07. The van der Waals surface area contributed by atoms with Crippen molar-refractivity contribution in [3.8, 4) is 0 Å². The highest BCUT2D eigenvalue weighted by atomic mass is 15.1. The van der Waals surface area contributed by atoms with Gasteiger partial charge in [-0.05, 0) is 18.9 Å². The van der Waals surface area contributed by atoms with Gasteiger partial charge in [-0.15, -0.1) is 0 Å². The predicted molar refractivity (Wildman–Crippen MR) is 46.6 cm³/mol. The van der Waals surface area contributed by atoms with Gasteiger partial charge >= 0.3 is 0 Å². The van der Waals surface area contributed by atoms with E-state index in [1.807, 2.05) is 6.07 Å². The largest absolute Gasteiger partial charge is 0.367 e. The lowest BCUT2D eigenvalue weighted by atomic mass is 10.5. The molecule has 0 aromatic carbocycles. The van der Waals surface area contributed by atoms with E-state index in [2.05, 4.69) is 15.3 Å². The average molecular weight is 164 g/mol. The highest BCUT2D eigenvalue weighted by Gasteiger charge is 2.21. The van der Waals surface area contributed by atoms with Crippen molar-refractivity contribution < 1.29 is 0 Å². The van der Waals surface area contributed by atoms with Gasteiger partial charge in [0.1, 0.15) is 11.6 Å². The Morgan fingerprint density at radius 2 is 2.42 bits per heavy atom. The summed E-state index contributed by atoms with van der Waals surface area (Å²) < 4.78 is 0. The van der Waals surface area contributed by atoms with Gasteiger partial charge in [-0.25, -0.2) is 9.97 Å². The second-order valence-corrected chi connectivity index (χ2v) is 2.98. The van der Waals surface area contributed by atoms with Gasteiger partial charge in [-0.3, -0.25) is 0 Å². The number of anilines is 1. The van der Waals surface area contributed by atoms with Crippen molar-refractivity contribution >= 4 is 5.82 Å². The third-order valence-corrected chi connectivity index (χ3v) is 1.82. The number of hydrogen-bond acceptors (Lipinski definition) is 4. The Labute approximate surface area is 71.2 Å². The molecule has 1 aliphatic carbocycles. The summed E-state index contributed by atoms with van der Waals surface area (Å²) in [5, 5.41) is 3.28. The van der Waals surface area contributed by atoms with E-state index in [-0.39, 0.29) is 0 Å². The van der Waals surface area contributed by atoms with Crippen molar-refractivity contribution in [2.24, 2.45) is 5.73 Å². The maximum Gasteiger partial charge on any atom is 0.144 e. The van der Waals surface area contributed by atoms with E-state index in [1.54, 1.807) is 6.20 Å². The smallest absolute Gasteiger partial charge is 0.144 e. The van der Waals surface area contributed by atoms with Crippen LogP contribution in [0.25, 0.3) is 0 Å². The molecule has 12 heavy (non-hydrogen) atoms. The molecule has 2 rings (SSSR count). The number of rotatable bonds is 3. The van der Waals surface area contributed by atoms with Crippen LogP contribution in [0.15, 0.2) is 12.3 Å². The summed E-state index contributed by atoms with van der Waals surface area (Å²) in [5.41, 5.74) is 5.41. The lowest BCUT2D eigenvalue weighted by Gasteiger charge is -2.03. The number of aromatic nitrogens is 2. The second-order valence-electron chi connectivity index (χ2n) is 2.98. The molecule has 0 aliphatic heterocycles. The molecular formula is C8H12N4. The second kappa shape index (κ2) is 3.06. The molecule has 1 heterocycles. The van der Waals surface area contributed by atoms with Gasteiger partial charge in [0.05, 0.1) is 6.54 Å². The first-order valence-electron chi connectivity index (χ1n) is 4.17. The van der Waals surface area contributed by atoms with Crippen LogP contribution >= 0.6 is 0 Å². The molecule has 1 aromatic rings. The van der Waals surface area contributed by atoms with Crippen LogP contribution in [0.1, 0.15) is 18.7 Å². The Morgan fingerprint density at radius 1 is 1.58 bits per heavy atom. The molecule has 1 aliphatic rings. The molecule has 0 unspecified atom stereocenters. The van der Waals surface area contributed by atoms with Gasteiger partial charge < -0.3 is 11.1 Å². The van der Waals surface area contributed by atoms with Gasteiger partial charge in [-0.1, -0.05) is 0 Å². The molecule has 0 atom stereocenters. The van der Waals surface area contributed by atoms with E-state index in [4.69, 9.17) is 5.73 Å². The molecule has 64 valence electrons. The maximum absolute atomic E-state index is 5.41. The van der Waals surface area contributed by atoms with Gasteiger partial charge in [0.2, 0.25) is 0 Å². The molecule has 0 bridgehead atoms. The Morgan fingerprint density at radius 3 is 3.08 bits per heavy atom. The number of nitrogens with one attached hydrogen (secondary N) is 1. The Balaban J connectivity index is 2.08. The van der Waals surface area contributed by atoms with Crippen LogP contribution in [-0.2, 0) is 6.54 Å². The highest BCUT2D eigenvalue weighted by Crippen LogP contribution is 2.23. The maximum atomic E-state index is 5.41. The van der Waals surface area contributed by atoms with E-state index in [1.165, 1.54) is 12.8 Å². The van der Waals surface area contributed by atoms with Crippen LogP contribution < -0.4 is 11.1 Å². The Hall–Kier alpha value is -1.16. The summed E-state index contributed by atoms with van der Waals surface area (Å²) in [5.74, 6) is 1.59. The zero-order valence-corrected chi connectivity index (χ0v) is 6.83. The van der Waals surface area contributed by atoms with Crippen molar-refractivity contribution in [3.05, 3.63) is 18.1 Å². The van der Waals surface area contributed by atoms with Gasteiger partial charge in [0.25, 0.3) is 0 Å². The molecule has 4 nitrogen and oxygen atoms in total. The minimum Gasteiger partial charge on any atom is -0.367 e. The first-order valence-corrected chi connectivity index (χ1v) is 4.17. The SMILES string of the molecule is NCc1nccc(NC2CC2)n1. The van der Waals surface area contributed by atoms with Gasteiger partial charge in [-0.2, -0.15) is 0 Å². The van der Waals surface area contributed by atoms with Crippen LogP contribution in [0.5, 0.6) is 0 Å². The summed E-state index contributed by atoms with van der Waals surface area (Å²) in [6.45, 7) is 0.403. The fourth-order valence-electron chi connectivity index (χ4n) is 1.01. The highest BCUT2D eigenvalue weighted by molar-refractivity contribution is 5.35. The lowest BCUT2D eigenvalue weighted by molar-refractivity contribution is 0.904. The molecule has 0 saturated heterocycles. The number of nitrogens with two attached hydrogens (primary N) is 1. The normalized spacial score (nSPS) is 16.1. The van der Waals surface area contributed by atoms with Crippen molar-refractivity contribution in [1.29, 1.82) is 0 Å². The molecule has 4 heteroatoms. The van der Waals surface area contributed by atoms with Crippen LogP contribution in [0.4, 0.5) is 5.82 Å². The molecule has 0 radical (unpaired) electrons. The van der Waals surface area contributed by atoms with Crippen molar-refractivity contribution in [2.45, 2.75) is 25.4 Å². The first-order chi connectivity index (χ1) is 5.88. The quantitative estimate of drug-likeness (QED) is 0.683. The third-order valence-electron chi connectivity index (χ3n) is 1.82. The topological polar surface area (TPSA) is 63.8 Å². The Bertz CT molecular complexity index is 270. The van der Waals surface area contributed by atoms with Crippen LogP contribution in [0, 0.1) is 0 Å². The molecule has 1 fully saturated rings. The summed E-state index contributed by atoms with van der Waals surface area (Å²) in [6.07, 6.45) is 4.24. The van der Waals surface area contributed by atoms with E-state index in [9.17, 15) is 0 Å². The molecule has 3 N–H and O–H groups in total. The molecule has 1 saturated carbocycles. The van der Waals surface area contributed by atoms with Gasteiger partial charge in [0.15, 0.2) is 0 Å². The van der Waals surface area contributed by atoms with Gasteiger partial charge in [0, 0.05) is 12.2 Å². The first kappa shape index (κ1) is 7.49. The predicted octanol–water partition coefficient (Wildman–Crippen LogP) is 0.510. The minimum atomic E-state index is 0.403. The third kappa shape index (κ3) is 1.71. The average Bonchev–Trinajstić information content (AvgIpc) is 2.89. The van der Waals surface area contributed by atoms with Crippen LogP contribution in [-0.4, -0.2) is 16.0 Å². The fraction of sp³-hybridized carbons (Fsp3) is 0.500. The summed E-state index contributed by atoms with van der Waals surface area (Å²) in [4.78, 5) is 8.23. The van der Waals surface area contributed by atoms with Crippen LogP contribution in [0.3, 0.4) is 0 Å². The number of hydrogen-bond donors (Lipinski definition) is 2. The van der Waals surface area contributed by atoms with Crippen molar-refractivity contribution in [2.75, 3.05) is 5.32 Å². The monoisotopic (exact) mass is 164 g/mol. The summed E-state index contributed by atoms with van der Waals surface area (Å²) in [6, 6.07) is 2.50. The van der Waals surface area contributed by atoms with Crippen molar-refractivity contribution in [3.63, 3.8) is 0 Å². The number of nitrogens with zero attached hydrogens (tertiary/aromatic N) is 2. The Kier molecular flexibility index (Phi) is 1.91. The summed E-state index contributed by atoms with van der Waals surface area (Å²) in [7, 11) is 0. The fourth-order valence-corrected chi connectivity index (χ4v) is 1.01. The van der Waals surface area contributed by atoms with E-state index in [0.717, 1.165) is 5.82 Å². The molecule has 0 amide bonds. The molecular weight excluding hydrogens is 152 g/mol. The zero-order chi connectivity index (χ0) is 8.39. The minimum absolute atomic E-state index is 0.403. The molecule has 0 spiro atoms. The standard InChI is InChI=1S/C8H12N4/c9-5-8-10-4-3-7(12-8)11-6-1-2-6/h3-4,6H,1-2,5,9H2,(H,10,11,12). The van der Waals surface area contributed by atoms with E-state index in [0.29, 0.717) is 18.4 Å². The summed E-state index contributed by atoms with van der Waals surface area (Å²) >= 11 is 0. The molecule has 1 aromatic heterocycles. The van der Waals surface area contributed by atoms with Crippen LogP contribution in [0.2, 0.25) is 0 Å². The van der Waals surface area contributed by atoms with Crippen molar-refractivity contribution in [1.82, 2.24) is 9.97 Å².